The van der Waals surface area contributed by atoms with E-state index < -0.39 is 5.60 Å². The van der Waals surface area contributed by atoms with Gasteiger partial charge in [-0.3, -0.25) is 28.8 Å². The molecule has 2 saturated carbocycles. The summed E-state index contributed by atoms with van der Waals surface area (Å²) in [5.41, 5.74) is 3.56. The molecule has 25 nitrogen and oxygen atoms in total. The zero-order valence-corrected chi connectivity index (χ0v) is 48.4. The molecule has 5 fully saturated rings. The van der Waals surface area contributed by atoms with Crippen molar-refractivity contribution in [2.45, 2.75) is 146 Å². The van der Waals surface area contributed by atoms with E-state index in [0.717, 1.165) is 57.8 Å². The minimum absolute atomic E-state index is 0.0321. The predicted molar refractivity (Wildman–Crippen MR) is 316 cm³/mol. The largest absolute Gasteiger partial charge is 0.473 e. The molecule has 85 heavy (non-hydrogen) atoms. The number of aliphatic hydroxyl groups is 1. The standard InChI is InChI=1S/C21H27N5O4.C20H25N5O3.C19H25N5O3/c1-2-17(27)26-9-5-14(6-10-26)30-16-12-23-19-18(25-16)15(11-22-19)20(28)24-13-21(29)7-3-4-8-21;1-2-17(26)25-9-7-14(8-10-25)28-16-12-22-19-18(24-16)15(11-21-19)20(27)23-13-5-3-4-6-13;1-4-12(3)22-19(26)14-10-20-18-17(14)23-15(11-21-18)27-13-6-8-24(9-7-13)16(25)5-2/h2,11-12,14,29H,1,3-10,13H2,(H,22,23)(H,24,28);2,11-14H,1,3-10H2,(H,21,22)(H,23,27);5,10-13H,2,4,6-9H2,1,3H3,(H,20,21)(H,22,26)/t;;12-/m..0/s1. The fraction of sp³-hybridized carbons (Fsp3) is 0.500. The number of nitrogens with zero attached hydrogens (tertiary/aromatic N) is 9. The molecule has 5 aliphatic rings. The molecule has 6 amide bonds. The average Bonchev–Trinajstić information content (AvgIpc) is 4.47. The molecule has 6 aromatic heterocycles. The van der Waals surface area contributed by atoms with Gasteiger partial charge in [-0.2, -0.15) is 0 Å². The Morgan fingerprint density at radius 3 is 1.32 bits per heavy atom. The lowest BCUT2D eigenvalue weighted by Crippen LogP contribution is -2.41. The summed E-state index contributed by atoms with van der Waals surface area (Å²) in [5, 5.41) is 19.3. The Bertz CT molecular complexity index is 3360. The lowest BCUT2D eigenvalue weighted by molar-refractivity contribution is -0.128. The molecule has 1 atom stereocenters. The Balaban J connectivity index is 0.000000153. The molecular weight excluding hydrogens is 1090 g/mol. The van der Waals surface area contributed by atoms with Crippen LogP contribution in [0.1, 0.15) is 141 Å². The highest BCUT2D eigenvalue weighted by atomic mass is 16.5. The Kier molecular flexibility index (Phi) is 20.2. The number of carbonyl (C=O) groups excluding carboxylic acids is 6. The fourth-order valence-corrected chi connectivity index (χ4v) is 11.1. The molecule has 11 rings (SSSR count). The molecule has 0 spiro atoms. The fourth-order valence-electron chi connectivity index (χ4n) is 11.1. The van der Waals surface area contributed by atoms with Gasteiger partial charge in [-0.1, -0.05) is 52.3 Å². The highest BCUT2D eigenvalue weighted by molar-refractivity contribution is 6.06. The molecule has 7 N–H and O–H groups in total. The van der Waals surface area contributed by atoms with E-state index in [0.29, 0.717) is 146 Å². The summed E-state index contributed by atoms with van der Waals surface area (Å²) >= 11 is 0. The van der Waals surface area contributed by atoms with Crippen LogP contribution in [0.4, 0.5) is 0 Å². The second-order valence-corrected chi connectivity index (χ2v) is 22.2. The lowest BCUT2D eigenvalue weighted by atomic mass is 10.0. The van der Waals surface area contributed by atoms with Crippen LogP contribution in [0.15, 0.2) is 75.1 Å². The number of ether oxygens (including phenoxy) is 3. The Morgan fingerprint density at radius 1 is 0.588 bits per heavy atom. The Labute approximate surface area is 492 Å². The molecule has 3 aliphatic heterocycles. The number of hydrogen-bond acceptors (Lipinski definition) is 16. The Morgan fingerprint density at radius 2 is 0.953 bits per heavy atom. The van der Waals surface area contributed by atoms with Crippen molar-refractivity contribution in [2.24, 2.45) is 0 Å². The van der Waals surface area contributed by atoms with Gasteiger partial charge in [0.25, 0.3) is 17.7 Å². The first-order valence-electron chi connectivity index (χ1n) is 29.5. The van der Waals surface area contributed by atoms with E-state index in [9.17, 15) is 33.9 Å². The second-order valence-electron chi connectivity index (χ2n) is 22.2. The summed E-state index contributed by atoms with van der Waals surface area (Å²) in [7, 11) is 0. The van der Waals surface area contributed by atoms with Crippen LogP contribution in [0.5, 0.6) is 17.6 Å². The SMILES string of the molecule is C=CC(=O)N1CCC(Oc2cnc3[nH]cc(C(=O)NC4CCCC4)c3n2)CC1.C=CC(=O)N1CCC(Oc2cnc3[nH]cc(C(=O)NCC4(O)CCCC4)c3n2)CC1.C=CC(=O)N1CCC(Oc2cnc3[nH]cc(C(=O)N[C@@H](C)CC)c3n2)CC1. The van der Waals surface area contributed by atoms with E-state index in [1.165, 1.54) is 24.4 Å². The molecule has 9 heterocycles. The summed E-state index contributed by atoms with van der Waals surface area (Å²) in [6, 6.07) is 0.326. The number of aromatic amines is 3. The van der Waals surface area contributed by atoms with Crippen molar-refractivity contribution in [1.82, 2.24) is 75.5 Å². The number of fused-ring (bicyclic) bond motifs is 3. The van der Waals surface area contributed by atoms with Gasteiger partial charge in [-0.05, 0) is 57.3 Å². The number of piperidine rings is 3. The van der Waals surface area contributed by atoms with Crippen molar-refractivity contribution < 1.29 is 48.1 Å². The first-order valence-corrected chi connectivity index (χ1v) is 29.5. The maximum Gasteiger partial charge on any atom is 0.255 e. The molecule has 0 radical (unpaired) electrons. The van der Waals surface area contributed by atoms with Crippen molar-refractivity contribution in [3.63, 3.8) is 0 Å². The minimum Gasteiger partial charge on any atom is -0.473 e. The zero-order chi connectivity index (χ0) is 60.0. The summed E-state index contributed by atoms with van der Waals surface area (Å²) in [5.74, 6) is 0.343. The van der Waals surface area contributed by atoms with Crippen molar-refractivity contribution in [3.8, 4) is 17.6 Å². The molecule has 0 bridgehead atoms. The van der Waals surface area contributed by atoms with Gasteiger partial charge in [0.2, 0.25) is 35.4 Å². The van der Waals surface area contributed by atoms with Crippen LogP contribution >= 0.6 is 0 Å². The number of likely N-dealkylation sites (tertiary alicyclic amines) is 3. The third-order valence-corrected chi connectivity index (χ3v) is 16.2. The lowest BCUT2D eigenvalue weighted by Gasteiger charge is -2.31. The van der Waals surface area contributed by atoms with Crippen molar-refractivity contribution >= 4 is 68.9 Å². The van der Waals surface area contributed by atoms with Gasteiger partial charge in [0, 0.05) is 115 Å². The molecule has 6 aromatic rings. The van der Waals surface area contributed by atoms with Crippen LogP contribution in [0.2, 0.25) is 0 Å². The molecule has 2 aliphatic carbocycles. The molecule has 3 saturated heterocycles. The number of rotatable bonds is 17. The first-order chi connectivity index (χ1) is 41.1. The monoisotopic (exact) mass is 1170 g/mol. The van der Waals surface area contributed by atoms with Crippen molar-refractivity contribution in [1.29, 1.82) is 0 Å². The quantitative estimate of drug-likeness (QED) is 0.0533. The van der Waals surface area contributed by atoms with Crippen LogP contribution < -0.4 is 30.2 Å². The number of aromatic nitrogens is 9. The van der Waals surface area contributed by atoms with E-state index in [-0.39, 0.29) is 72.4 Å². The van der Waals surface area contributed by atoms with E-state index >= 15 is 0 Å². The van der Waals surface area contributed by atoms with Crippen molar-refractivity contribution in [2.75, 3.05) is 45.8 Å². The molecular formula is C60H77N15O10. The number of nitrogens with one attached hydrogen (secondary N) is 6. The normalized spacial score (nSPS) is 17.9. The van der Waals surface area contributed by atoms with Crippen LogP contribution in [-0.4, -0.2) is 182 Å². The smallest absolute Gasteiger partial charge is 0.255 e. The third-order valence-electron chi connectivity index (χ3n) is 16.2. The summed E-state index contributed by atoms with van der Waals surface area (Å²) in [4.78, 5) is 113. The van der Waals surface area contributed by atoms with E-state index in [1.54, 1.807) is 45.7 Å². The molecule has 0 unspecified atom stereocenters. The minimum atomic E-state index is -0.816. The van der Waals surface area contributed by atoms with Gasteiger partial charge < -0.3 is 64.9 Å². The van der Waals surface area contributed by atoms with Gasteiger partial charge in [-0.25, -0.2) is 29.9 Å². The van der Waals surface area contributed by atoms with Gasteiger partial charge in [0.15, 0.2) is 16.9 Å². The highest BCUT2D eigenvalue weighted by Gasteiger charge is 2.33. The maximum atomic E-state index is 12.7. The van der Waals surface area contributed by atoms with Gasteiger partial charge in [0.05, 0.1) is 40.9 Å². The summed E-state index contributed by atoms with van der Waals surface area (Å²) in [6.07, 6.45) is 26.2. The summed E-state index contributed by atoms with van der Waals surface area (Å²) < 4.78 is 17.9. The topological polar surface area (TPSA) is 321 Å². The van der Waals surface area contributed by atoms with Gasteiger partial charge in [0.1, 0.15) is 34.9 Å². The molecule has 25 heteroatoms. The second kappa shape index (κ2) is 28.2. The molecule has 0 aromatic carbocycles. The van der Waals surface area contributed by atoms with E-state index in [4.69, 9.17) is 14.2 Å². The average molecular weight is 1170 g/mol. The van der Waals surface area contributed by atoms with Crippen LogP contribution in [0.3, 0.4) is 0 Å². The number of carbonyl (C=O) groups is 6. The Hall–Kier alpha value is -8.74. The zero-order valence-electron chi connectivity index (χ0n) is 48.4. The maximum absolute atomic E-state index is 12.7. The van der Waals surface area contributed by atoms with Crippen LogP contribution in [0.25, 0.3) is 33.5 Å². The highest BCUT2D eigenvalue weighted by Crippen LogP contribution is 2.30. The van der Waals surface area contributed by atoms with Crippen LogP contribution in [-0.2, 0) is 14.4 Å². The van der Waals surface area contributed by atoms with Crippen molar-refractivity contribution in [3.05, 3.63) is 91.8 Å². The van der Waals surface area contributed by atoms with Gasteiger partial charge >= 0.3 is 0 Å². The van der Waals surface area contributed by atoms with E-state index in [1.807, 2.05) is 13.8 Å². The number of hydrogen-bond donors (Lipinski definition) is 7. The van der Waals surface area contributed by atoms with Gasteiger partial charge in [-0.15, -0.1) is 0 Å². The first kappa shape index (κ1) is 60.8. The van der Waals surface area contributed by atoms with E-state index in [2.05, 4.69) is 80.5 Å². The number of H-pyrrole nitrogens is 3. The van der Waals surface area contributed by atoms with Crippen LogP contribution in [0, 0.1) is 0 Å². The molecule has 452 valence electrons. The predicted octanol–water partition coefficient (Wildman–Crippen LogP) is 5.78. The third kappa shape index (κ3) is 15.5. The summed E-state index contributed by atoms with van der Waals surface area (Å²) in [6.45, 7) is 18.5. The number of amides is 6.